The van der Waals surface area contributed by atoms with Gasteiger partial charge in [0.2, 0.25) is 0 Å². The third kappa shape index (κ3) is 6.72. The van der Waals surface area contributed by atoms with E-state index in [1.807, 2.05) is 35.2 Å². The van der Waals surface area contributed by atoms with Crippen molar-refractivity contribution in [3.05, 3.63) is 35.9 Å². The Balaban J connectivity index is 2.68. The Labute approximate surface area is 132 Å². The zero-order valence-electron chi connectivity index (χ0n) is 13.6. The zero-order chi connectivity index (χ0) is 16.4. The molecule has 0 N–H and O–H groups in total. The van der Waals surface area contributed by atoms with Crippen molar-refractivity contribution in [2.75, 3.05) is 26.3 Å². The maximum atomic E-state index is 11.8. The fourth-order valence-electron chi connectivity index (χ4n) is 2.16. The minimum atomic E-state index is -0.293. The predicted molar refractivity (Wildman–Crippen MR) is 84.1 cm³/mol. The maximum Gasteiger partial charge on any atom is 0.320 e. The number of benzene rings is 1. The van der Waals surface area contributed by atoms with Crippen LogP contribution in [0.15, 0.2) is 30.3 Å². The average molecular weight is 307 g/mol. The lowest BCUT2D eigenvalue weighted by Crippen LogP contribution is -2.36. The molecule has 0 radical (unpaired) electrons. The first kappa shape index (κ1) is 18.2. The molecule has 1 aromatic carbocycles. The van der Waals surface area contributed by atoms with Crippen LogP contribution < -0.4 is 0 Å². The maximum absolute atomic E-state index is 11.8. The number of hydrogen-bond acceptors (Lipinski definition) is 5. The Hall–Kier alpha value is -1.88. The van der Waals surface area contributed by atoms with Gasteiger partial charge < -0.3 is 9.47 Å². The summed E-state index contributed by atoms with van der Waals surface area (Å²) in [6, 6.07) is 9.83. The highest BCUT2D eigenvalue weighted by molar-refractivity contribution is 5.73. The molecule has 1 unspecified atom stereocenters. The highest BCUT2D eigenvalue weighted by Gasteiger charge is 2.20. The van der Waals surface area contributed by atoms with Gasteiger partial charge in [-0.3, -0.25) is 14.5 Å². The zero-order valence-corrected chi connectivity index (χ0v) is 13.6. The van der Waals surface area contributed by atoms with Gasteiger partial charge in [0.25, 0.3) is 0 Å². The summed E-state index contributed by atoms with van der Waals surface area (Å²) in [6.07, 6.45) is 0. The Morgan fingerprint density at radius 3 is 2.32 bits per heavy atom. The first-order valence-corrected chi connectivity index (χ1v) is 7.65. The summed E-state index contributed by atoms with van der Waals surface area (Å²) in [5.74, 6) is -0.822. The largest absolute Gasteiger partial charge is 0.466 e. The van der Waals surface area contributed by atoms with Crippen LogP contribution in [0, 0.1) is 5.92 Å². The summed E-state index contributed by atoms with van der Waals surface area (Å²) >= 11 is 0. The van der Waals surface area contributed by atoms with Crippen molar-refractivity contribution in [2.24, 2.45) is 5.92 Å². The third-order valence-corrected chi connectivity index (χ3v) is 3.13. The minimum Gasteiger partial charge on any atom is -0.466 e. The van der Waals surface area contributed by atoms with Gasteiger partial charge in [-0.2, -0.15) is 0 Å². The molecular formula is C17H25NO4. The standard InChI is InChI=1S/C17H25NO4/c1-4-21-16(19)13-18(11-14(3)17(20)22-5-2)12-15-9-7-6-8-10-15/h6-10,14H,4-5,11-13H2,1-3H3. The minimum absolute atomic E-state index is 0.159. The smallest absolute Gasteiger partial charge is 0.320 e. The highest BCUT2D eigenvalue weighted by Crippen LogP contribution is 2.09. The van der Waals surface area contributed by atoms with Gasteiger partial charge in [0.05, 0.1) is 25.7 Å². The van der Waals surface area contributed by atoms with Crippen LogP contribution >= 0.6 is 0 Å². The van der Waals surface area contributed by atoms with Crippen LogP contribution in [0.5, 0.6) is 0 Å². The fraction of sp³-hybridized carbons (Fsp3) is 0.529. The van der Waals surface area contributed by atoms with Gasteiger partial charge in [0, 0.05) is 13.1 Å². The summed E-state index contributed by atoms with van der Waals surface area (Å²) in [5, 5.41) is 0. The lowest BCUT2D eigenvalue weighted by Gasteiger charge is -2.24. The van der Waals surface area contributed by atoms with Crippen molar-refractivity contribution in [2.45, 2.75) is 27.3 Å². The Morgan fingerprint density at radius 2 is 1.73 bits per heavy atom. The molecule has 0 aliphatic heterocycles. The molecule has 0 fully saturated rings. The number of ether oxygens (including phenoxy) is 2. The molecule has 0 aliphatic carbocycles. The second kappa shape index (κ2) is 9.95. The van der Waals surface area contributed by atoms with Crippen LogP contribution in [0.4, 0.5) is 0 Å². The molecule has 5 heteroatoms. The van der Waals surface area contributed by atoms with Crippen LogP contribution in [0.3, 0.4) is 0 Å². The number of carbonyl (C=O) groups excluding carboxylic acids is 2. The molecule has 0 aromatic heterocycles. The van der Waals surface area contributed by atoms with Gasteiger partial charge in [0.1, 0.15) is 0 Å². The molecule has 0 saturated carbocycles. The Morgan fingerprint density at radius 1 is 1.09 bits per heavy atom. The topological polar surface area (TPSA) is 55.8 Å². The molecule has 1 rings (SSSR count). The molecule has 1 aromatic rings. The van der Waals surface area contributed by atoms with E-state index in [0.717, 1.165) is 5.56 Å². The second-order valence-electron chi connectivity index (χ2n) is 5.11. The van der Waals surface area contributed by atoms with Crippen LogP contribution in [-0.4, -0.2) is 43.1 Å². The van der Waals surface area contributed by atoms with Gasteiger partial charge in [-0.1, -0.05) is 37.3 Å². The second-order valence-corrected chi connectivity index (χ2v) is 5.11. The first-order chi connectivity index (χ1) is 10.6. The van der Waals surface area contributed by atoms with Crippen molar-refractivity contribution in [1.29, 1.82) is 0 Å². The fourth-order valence-corrected chi connectivity index (χ4v) is 2.16. The molecule has 5 nitrogen and oxygen atoms in total. The van der Waals surface area contributed by atoms with Crippen molar-refractivity contribution >= 4 is 11.9 Å². The summed E-state index contributed by atoms with van der Waals surface area (Å²) in [4.78, 5) is 25.4. The van der Waals surface area contributed by atoms with E-state index in [-0.39, 0.29) is 24.4 Å². The molecule has 0 bridgehead atoms. The van der Waals surface area contributed by atoms with E-state index in [0.29, 0.717) is 26.3 Å². The van der Waals surface area contributed by atoms with Crippen LogP contribution in [0.2, 0.25) is 0 Å². The van der Waals surface area contributed by atoms with E-state index in [9.17, 15) is 9.59 Å². The van der Waals surface area contributed by atoms with Crippen molar-refractivity contribution in [1.82, 2.24) is 4.90 Å². The number of rotatable bonds is 9. The number of nitrogens with zero attached hydrogens (tertiary/aromatic N) is 1. The monoisotopic (exact) mass is 307 g/mol. The lowest BCUT2D eigenvalue weighted by molar-refractivity contribution is -0.150. The Bertz CT molecular complexity index is 461. The molecule has 0 spiro atoms. The van der Waals surface area contributed by atoms with E-state index in [4.69, 9.17) is 9.47 Å². The molecule has 0 amide bonds. The van der Waals surface area contributed by atoms with Crippen molar-refractivity contribution < 1.29 is 19.1 Å². The summed E-state index contributed by atoms with van der Waals surface area (Å²) < 4.78 is 10.0. The summed E-state index contributed by atoms with van der Waals surface area (Å²) in [6.45, 7) is 7.28. The van der Waals surface area contributed by atoms with Crippen LogP contribution in [-0.2, 0) is 25.6 Å². The lowest BCUT2D eigenvalue weighted by atomic mass is 10.1. The quantitative estimate of drug-likeness (QED) is 0.655. The number of carbonyl (C=O) groups is 2. The normalized spacial score (nSPS) is 12.0. The molecule has 122 valence electrons. The third-order valence-electron chi connectivity index (χ3n) is 3.13. The Kier molecular flexibility index (Phi) is 8.22. The average Bonchev–Trinajstić information content (AvgIpc) is 2.48. The van der Waals surface area contributed by atoms with Crippen LogP contribution in [0.25, 0.3) is 0 Å². The van der Waals surface area contributed by atoms with Gasteiger partial charge >= 0.3 is 11.9 Å². The van der Waals surface area contributed by atoms with E-state index in [1.165, 1.54) is 0 Å². The predicted octanol–water partition coefficient (Wildman–Crippen LogP) is 2.25. The number of esters is 2. The summed E-state index contributed by atoms with van der Waals surface area (Å²) in [5.41, 5.74) is 1.09. The molecule has 22 heavy (non-hydrogen) atoms. The van der Waals surface area contributed by atoms with Crippen molar-refractivity contribution in [3.63, 3.8) is 0 Å². The first-order valence-electron chi connectivity index (χ1n) is 7.65. The van der Waals surface area contributed by atoms with E-state index < -0.39 is 0 Å². The summed E-state index contributed by atoms with van der Waals surface area (Å²) in [7, 11) is 0. The van der Waals surface area contributed by atoms with Gasteiger partial charge in [0.15, 0.2) is 0 Å². The molecule has 0 heterocycles. The molecular weight excluding hydrogens is 282 g/mol. The highest BCUT2D eigenvalue weighted by atomic mass is 16.5. The molecule has 0 aliphatic rings. The van der Waals surface area contributed by atoms with Gasteiger partial charge in [-0.15, -0.1) is 0 Å². The van der Waals surface area contributed by atoms with Crippen molar-refractivity contribution in [3.8, 4) is 0 Å². The van der Waals surface area contributed by atoms with Gasteiger partial charge in [-0.25, -0.2) is 0 Å². The van der Waals surface area contributed by atoms with Crippen LogP contribution in [0.1, 0.15) is 26.3 Å². The van der Waals surface area contributed by atoms with E-state index in [1.54, 1.807) is 20.8 Å². The van der Waals surface area contributed by atoms with E-state index >= 15 is 0 Å². The SMILES string of the molecule is CCOC(=O)CN(Cc1ccccc1)CC(C)C(=O)OCC. The molecule has 1 atom stereocenters. The molecule has 0 saturated heterocycles. The number of hydrogen-bond donors (Lipinski definition) is 0. The van der Waals surface area contributed by atoms with E-state index in [2.05, 4.69) is 0 Å². The van der Waals surface area contributed by atoms with Gasteiger partial charge in [-0.05, 0) is 19.4 Å².